The van der Waals surface area contributed by atoms with Crippen LogP contribution in [0.1, 0.15) is 16.1 Å². The summed E-state index contributed by atoms with van der Waals surface area (Å²) < 4.78 is 0. The van der Waals surface area contributed by atoms with Crippen molar-refractivity contribution in [1.29, 1.82) is 0 Å². The van der Waals surface area contributed by atoms with Gasteiger partial charge in [0.1, 0.15) is 17.2 Å². The second-order valence-electron chi connectivity index (χ2n) is 6.93. The Morgan fingerprint density at radius 3 is 2.72 bits per heavy atom. The van der Waals surface area contributed by atoms with Gasteiger partial charge >= 0.3 is 0 Å². The number of hydrogen-bond donors (Lipinski definition) is 1. The van der Waals surface area contributed by atoms with Crippen LogP contribution in [0.2, 0.25) is 0 Å². The monoisotopic (exact) mass is 402 g/mol. The largest absolute Gasteiger partial charge is 0.306 e. The molecule has 4 heterocycles. The third-order valence-corrected chi connectivity index (χ3v) is 5.97. The highest BCUT2D eigenvalue weighted by atomic mass is 32.1. The van der Waals surface area contributed by atoms with Crippen LogP contribution >= 0.6 is 11.3 Å². The van der Waals surface area contributed by atoms with E-state index in [1.165, 1.54) is 11.2 Å². The Balaban J connectivity index is 1.34. The minimum atomic E-state index is -0.0900. The first kappa shape index (κ1) is 17.8. The lowest BCUT2D eigenvalue weighted by molar-refractivity contribution is 0.244. The van der Waals surface area contributed by atoms with Crippen LogP contribution in [-0.2, 0) is 19.5 Å². The van der Waals surface area contributed by atoms with Gasteiger partial charge in [0.25, 0.3) is 5.56 Å². The van der Waals surface area contributed by atoms with Crippen molar-refractivity contribution in [3.05, 3.63) is 81.7 Å². The van der Waals surface area contributed by atoms with Crippen LogP contribution in [0.3, 0.4) is 0 Å². The maximum absolute atomic E-state index is 12.7. The number of aromatic amines is 1. The van der Waals surface area contributed by atoms with Crippen molar-refractivity contribution in [2.75, 3.05) is 6.54 Å². The summed E-state index contributed by atoms with van der Waals surface area (Å²) in [5.41, 5.74) is 3.36. The highest BCUT2D eigenvalue weighted by Gasteiger charge is 2.22. The highest BCUT2D eigenvalue weighted by molar-refractivity contribution is 7.15. The summed E-state index contributed by atoms with van der Waals surface area (Å²) in [5, 5.41) is 1.02. The van der Waals surface area contributed by atoms with Crippen molar-refractivity contribution in [3.8, 4) is 22.0 Å². The first-order chi connectivity index (χ1) is 14.3. The SMILES string of the molecule is O=c1[nH]c(-c2cncnc2)nc2c1CN(Cc1cnc(-c3ccccc3)s1)CC2. The zero-order valence-electron chi connectivity index (χ0n) is 15.6. The smallest absolute Gasteiger partial charge is 0.255 e. The maximum Gasteiger partial charge on any atom is 0.255 e. The van der Waals surface area contributed by atoms with E-state index in [1.54, 1.807) is 23.7 Å². The Labute approximate surface area is 171 Å². The minimum absolute atomic E-state index is 0.0900. The molecule has 1 aliphatic heterocycles. The first-order valence-electron chi connectivity index (χ1n) is 9.36. The molecule has 0 saturated heterocycles. The Kier molecular flexibility index (Phi) is 4.71. The summed E-state index contributed by atoms with van der Waals surface area (Å²) in [7, 11) is 0. The zero-order valence-corrected chi connectivity index (χ0v) is 16.4. The summed E-state index contributed by atoms with van der Waals surface area (Å²) in [6, 6.07) is 10.2. The fourth-order valence-electron chi connectivity index (χ4n) is 3.49. The number of benzene rings is 1. The molecule has 7 nitrogen and oxygen atoms in total. The summed E-state index contributed by atoms with van der Waals surface area (Å²) >= 11 is 1.70. The fraction of sp³-hybridized carbons (Fsp3) is 0.190. The molecule has 0 saturated carbocycles. The molecule has 8 heteroatoms. The van der Waals surface area contributed by atoms with Gasteiger partial charge in [0.05, 0.1) is 16.8 Å². The molecular formula is C21H18N6OS. The molecule has 0 bridgehead atoms. The van der Waals surface area contributed by atoms with Crippen molar-refractivity contribution in [1.82, 2.24) is 29.8 Å². The van der Waals surface area contributed by atoms with E-state index in [1.807, 2.05) is 24.4 Å². The molecule has 0 fully saturated rings. The number of aromatic nitrogens is 5. The number of fused-ring (bicyclic) bond motifs is 1. The van der Waals surface area contributed by atoms with Gasteiger partial charge in [-0.25, -0.2) is 19.9 Å². The van der Waals surface area contributed by atoms with Gasteiger partial charge in [0, 0.05) is 55.1 Å². The van der Waals surface area contributed by atoms with Gasteiger partial charge in [-0.05, 0) is 0 Å². The first-order valence-corrected chi connectivity index (χ1v) is 10.2. The minimum Gasteiger partial charge on any atom is -0.306 e. The molecule has 4 aromatic rings. The lowest BCUT2D eigenvalue weighted by Crippen LogP contribution is -2.35. The normalized spacial score (nSPS) is 13.9. The van der Waals surface area contributed by atoms with Gasteiger partial charge in [-0.1, -0.05) is 30.3 Å². The summed E-state index contributed by atoms with van der Waals surface area (Å²) in [5.74, 6) is 0.526. The Morgan fingerprint density at radius 2 is 1.90 bits per heavy atom. The number of hydrogen-bond acceptors (Lipinski definition) is 7. The molecule has 1 aliphatic rings. The molecule has 0 amide bonds. The zero-order chi connectivity index (χ0) is 19.6. The maximum atomic E-state index is 12.7. The third-order valence-electron chi connectivity index (χ3n) is 4.94. The second kappa shape index (κ2) is 7.65. The van der Waals surface area contributed by atoms with Crippen LogP contribution < -0.4 is 5.56 Å². The van der Waals surface area contributed by atoms with E-state index in [-0.39, 0.29) is 5.56 Å². The average Bonchev–Trinajstić information content (AvgIpc) is 3.24. The van der Waals surface area contributed by atoms with Crippen LogP contribution in [0.25, 0.3) is 22.0 Å². The molecule has 0 atom stereocenters. The van der Waals surface area contributed by atoms with E-state index in [0.717, 1.165) is 41.3 Å². The molecule has 0 radical (unpaired) electrons. The van der Waals surface area contributed by atoms with Gasteiger partial charge in [-0.15, -0.1) is 11.3 Å². The summed E-state index contributed by atoms with van der Waals surface area (Å²) in [6.45, 7) is 2.21. The molecule has 1 N–H and O–H groups in total. The second-order valence-corrected chi connectivity index (χ2v) is 8.04. The summed E-state index contributed by atoms with van der Waals surface area (Å²) in [4.78, 5) is 36.2. The topological polar surface area (TPSA) is 87.7 Å². The number of H-pyrrole nitrogens is 1. The van der Waals surface area contributed by atoms with Crippen molar-refractivity contribution >= 4 is 11.3 Å². The molecule has 3 aromatic heterocycles. The Morgan fingerprint density at radius 1 is 1.07 bits per heavy atom. The van der Waals surface area contributed by atoms with Crippen LogP contribution in [0.5, 0.6) is 0 Å². The van der Waals surface area contributed by atoms with Crippen molar-refractivity contribution in [3.63, 3.8) is 0 Å². The van der Waals surface area contributed by atoms with Crippen molar-refractivity contribution in [2.45, 2.75) is 19.5 Å². The predicted octanol–water partition coefficient (Wildman–Crippen LogP) is 2.91. The van der Waals surface area contributed by atoms with Crippen LogP contribution in [0.15, 0.2) is 60.0 Å². The van der Waals surface area contributed by atoms with E-state index in [0.29, 0.717) is 17.9 Å². The molecule has 29 heavy (non-hydrogen) atoms. The van der Waals surface area contributed by atoms with E-state index >= 15 is 0 Å². The molecule has 0 unspecified atom stereocenters. The van der Waals surface area contributed by atoms with Crippen molar-refractivity contribution < 1.29 is 0 Å². The number of thiazole rings is 1. The fourth-order valence-corrected chi connectivity index (χ4v) is 4.45. The number of nitrogens with one attached hydrogen (secondary N) is 1. The van der Waals surface area contributed by atoms with Gasteiger partial charge < -0.3 is 4.98 Å². The molecule has 0 spiro atoms. The lowest BCUT2D eigenvalue weighted by atomic mass is 10.1. The third kappa shape index (κ3) is 3.72. The van der Waals surface area contributed by atoms with Crippen LogP contribution in [0, 0.1) is 0 Å². The van der Waals surface area contributed by atoms with Gasteiger partial charge in [0.15, 0.2) is 0 Å². The standard InChI is InChI=1S/C21H18N6OS/c28-20-17-12-27(11-16-10-24-21(29-16)14-4-2-1-3-5-14)7-6-18(17)25-19(26-20)15-8-22-13-23-9-15/h1-5,8-10,13H,6-7,11-12H2,(H,25,26,28). The molecular weight excluding hydrogens is 384 g/mol. The molecule has 5 rings (SSSR count). The van der Waals surface area contributed by atoms with Gasteiger partial charge in [-0.2, -0.15) is 0 Å². The molecule has 0 aliphatic carbocycles. The predicted molar refractivity (Wildman–Crippen MR) is 111 cm³/mol. The molecule has 144 valence electrons. The number of rotatable bonds is 4. The van der Waals surface area contributed by atoms with E-state index in [2.05, 4.69) is 42.0 Å². The molecule has 1 aromatic carbocycles. The van der Waals surface area contributed by atoms with Gasteiger partial charge in [0.2, 0.25) is 0 Å². The highest BCUT2D eigenvalue weighted by Crippen LogP contribution is 2.27. The van der Waals surface area contributed by atoms with Crippen LogP contribution in [-0.4, -0.2) is 36.4 Å². The quantitative estimate of drug-likeness (QED) is 0.565. The Bertz CT molecular complexity index is 1190. The van der Waals surface area contributed by atoms with E-state index in [4.69, 9.17) is 0 Å². The van der Waals surface area contributed by atoms with Gasteiger partial charge in [-0.3, -0.25) is 9.69 Å². The number of nitrogens with zero attached hydrogens (tertiary/aromatic N) is 5. The van der Waals surface area contributed by atoms with E-state index in [9.17, 15) is 4.79 Å². The Hall–Kier alpha value is -3.23. The van der Waals surface area contributed by atoms with E-state index < -0.39 is 0 Å². The van der Waals surface area contributed by atoms with Crippen molar-refractivity contribution in [2.24, 2.45) is 0 Å². The summed E-state index contributed by atoms with van der Waals surface area (Å²) in [6.07, 6.45) is 7.44. The van der Waals surface area contributed by atoms with Crippen LogP contribution in [0.4, 0.5) is 0 Å². The average molecular weight is 402 g/mol. The lowest BCUT2D eigenvalue weighted by Gasteiger charge is -2.27.